The van der Waals surface area contributed by atoms with Crippen LogP contribution < -0.4 is 10.0 Å². The second-order valence-electron chi connectivity index (χ2n) is 4.09. The first-order valence-corrected chi connectivity index (χ1v) is 8.63. The molecule has 18 heavy (non-hydrogen) atoms. The van der Waals surface area contributed by atoms with E-state index in [2.05, 4.69) is 10.0 Å². The van der Waals surface area contributed by atoms with E-state index in [-0.39, 0.29) is 0 Å². The fourth-order valence-electron chi connectivity index (χ4n) is 1.35. The van der Waals surface area contributed by atoms with Gasteiger partial charge in [-0.25, -0.2) is 13.1 Å². The monoisotopic (exact) mass is 310 g/mol. The number of halogens is 1. The van der Waals surface area contributed by atoms with Crippen molar-refractivity contribution in [1.29, 1.82) is 0 Å². The Balaban J connectivity index is 2.43. The van der Waals surface area contributed by atoms with Gasteiger partial charge in [0, 0.05) is 18.0 Å². The molecule has 0 amide bonds. The fourth-order valence-corrected chi connectivity index (χ4v) is 3.45. The van der Waals surface area contributed by atoms with Crippen molar-refractivity contribution in [2.45, 2.75) is 32.1 Å². The Morgan fingerprint density at radius 1 is 1.44 bits per heavy atom. The maximum atomic E-state index is 11.9. The number of hydrogen-bond acceptors (Lipinski definition) is 4. The summed E-state index contributed by atoms with van der Waals surface area (Å²) < 4.78 is 27.1. The highest BCUT2D eigenvalue weighted by atomic mass is 35.5. The van der Waals surface area contributed by atoms with Gasteiger partial charge in [-0.15, -0.1) is 11.3 Å². The van der Waals surface area contributed by atoms with E-state index in [1.807, 2.05) is 13.0 Å². The SMILES string of the molecule is CCCNCC(C)S(=O)(=O)NCc1ccc(Cl)s1. The van der Waals surface area contributed by atoms with Gasteiger partial charge in [0.2, 0.25) is 10.0 Å². The molecule has 7 heteroatoms. The van der Waals surface area contributed by atoms with Gasteiger partial charge in [-0.05, 0) is 32.0 Å². The number of rotatable bonds is 8. The van der Waals surface area contributed by atoms with Crippen LogP contribution in [-0.2, 0) is 16.6 Å². The fraction of sp³-hybridized carbons (Fsp3) is 0.636. The van der Waals surface area contributed by atoms with Crippen LogP contribution in [0.4, 0.5) is 0 Å². The van der Waals surface area contributed by atoms with Crippen molar-refractivity contribution in [3.8, 4) is 0 Å². The zero-order valence-electron chi connectivity index (χ0n) is 10.6. The molecular formula is C11H19ClN2O2S2. The molecule has 0 fully saturated rings. The Labute approximate surface area is 118 Å². The van der Waals surface area contributed by atoms with E-state index >= 15 is 0 Å². The molecular weight excluding hydrogens is 292 g/mol. The highest BCUT2D eigenvalue weighted by Gasteiger charge is 2.19. The molecule has 1 atom stereocenters. The van der Waals surface area contributed by atoms with Crippen LogP contribution in [0.25, 0.3) is 0 Å². The predicted molar refractivity (Wildman–Crippen MR) is 77.7 cm³/mol. The molecule has 0 aliphatic carbocycles. The van der Waals surface area contributed by atoms with Gasteiger partial charge in [0.25, 0.3) is 0 Å². The van der Waals surface area contributed by atoms with Gasteiger partial charge in [0.15, 0.2) is 0 Å². The molecule has 0 bridgehead atoms. The molecule has 2 N–H and O–H groups in total. The standard InChI is InChI=1S/C11H19ClN2O2S2/c1-3-6-13-7-9(2)18(15,16)14-8-10-4-5-11(12)17-10/h4-5,9,13-14H,3,6-8H2,1-2H3. The summed E-state index contributed by atoms with van der Waals surface area (Å²) in [6.07, 6.45) is 0.994. The van der Waals surface area contributed by atoms with Crippen molar-refractivity contribution in [2.24, 2.45) is 0 Å². The van der Waals surface area contributed by atoms with E-state index in [0.29, 0.717) is 17.4 Å². The summed E-state index contributed by atoms with van der Waals surface area (Å²) in [7, 11) is -3.28. The molecule has 0 saturated heterocycles. The Morgan fingerprint density at radius 2 is 2.17 bits per heavy atom. The maximum absolute atomic E-state index is 11.9. The molecule has 4 nitrogen and oxygen atoms in total. The third-order valence-corrected chi connectivity index (χ3v) is 5.47. The Kier molecular flexibility index (Phi) is 6.59. The molecule has 1 heterocycles. The Morgan fingerprint density at radius 3 is 2.72 bits per heavy atom. The van der Waals surface area contributed by atoms with Crippen LogP contribution >= 0.6 is 22.9 Å². The van der Waals surface area contributed by atoms with Crippen LogP contribution in [0.1, 0.15) is 25.1 Å². The molecule has 0 radical (unpaired) electrons. The van der Waals surface area contributed by atoms with Crippen molar-refractivity contribution >= 4 is 33.0 Å². The summed E-state index contributed by atoms with van der Waals surface area (Å²) in [4.78, 5) is 0.914. The van der Waals surface area contributed by atoms with Crippen molar-refractivity contribution in [2.75, 3.05) is 13.1 Å². The minimum Gasteiger partial charge on any atom is -0.315 e. The summed E-state index contributed by atoms with van der Waals surface area (Å²) in [5.41, 5.74) is 0. The summed E-state index contributed by atoms with van der Waals surface area (Å²) in [5, 5.41) is 2.66. The Bertz CT molecular complexity index is 459. The van der Waals surface area contributed by atoms with Crippen molar-refractivity contribution in [3.05, 3.63) is 21.3 Å². The lowest BCUT2D eigenvalue weighted by atomic mass is 10.4. The first kappa shape index (κ1) is 15.9. The number of sulfonamides is 1. The van der Waals surface area contributed by atoms with Crippen LogP contribution in [0.15, 0.2) is 12.1 Å². The lowest BCUT2D eigenvalue weighted by Crippen LogP contribution is -2.38. The van der Waals surface area contributed by atoms with Gasteiger partial charge < -0.3 is 5.32 Å². The molecule has 1 unspecified atom stereocenters. The number of hydrogen-bond donors (Lipinski definition) is 2. The maximum Gasteiger partial charge on any atom is 0.215 e. The van der Waals surface area contributed by atoms with E-state index in [0.717, 1.165) is 17.8 Å². The molecule has 0 spiro atoms. The van der Waals surface area contributed by atoms with Crippen molar-refractivity contribution < 1.29 is 8.42 Å². The van der Waals surface area contributed by atoms with Crippen LogP contribution in [0.5, 0.6) is 0 Å². The zero-order chi connectivity index (χ0) is 13.6. The second kappa shape index (κ2) is 7.45. The van der Waals surface area contributed by atoms with Crippen molar-refractivity contribution in [1.82, 2.24) is 10.0 Å². The molecule has 104 valence electrons. The van der Waals surface area contributed by atoms with Crippen molar-refractivity contribution in [3.63, 3.8) is 0 Å². The van der Waals surface area contributed by atoms with E-state index in [4.69, 9.17) is 11.6 Å². The molecule has 1 aromatic heterocycles. The predicted octanol–water partition coefficient (Wildman–Crippen LogP) is 2.21. The minimum atomic E-state index is -3.28. The minimum absolute atomic E-state index is 0.303. The first-order chi connectivity index (χ1) is 8.45. The van der Waals surface area contributed by atoms with E-state index < -0.39 is 15.3 Å². The molecule has 0 aromatic carbocycles. The van der Waals surface area contributed by atoms with E-state index in [9.17, 15) is 8.42 Å². The molecule has 0 aliphatic heterocycles. The smallest absolute Gasteiger partial charge is 0.215 e. The van der Waals surface area contributed by atoms with Crippen LogP contribution in [0.2, 0.25) is 4.34 Å². The van der Waals surface area contributed by atoms with Gasteiger partial charge in [0.05, 0.1) is 9.59 Å². The topological polar surface area (TPSA) is 58.2 Å². The third-order valence-electron chi connectivity index (χ3n) is 2.46. The average molecular weight is 311 g/mol. The van der Waals surface area contributed by atoms with Gasteiger partial charge in [-0.2, -0.15) is 0 Å². The largest absolute Gasteiger partial charge is 0.315 e. The van der Waals surface area contributed by atoms with Gasteiger partial charge in [0.1, 0.15) is 0 Å². The second-order valence-corrected chi connectivity index (χ2v) is 8.07. The molecule has 1 rings (SSSR count). The molecule has 1 aromatic rings. The molecule has 0 aliphatic rings. The average Bonchev–Trinajstić information content (AvgIpc) is 2.73. The first-order valence-electron chi connectivity index (χ1n) is 5.89. The van der Waals surface area contributed by atoms with Gasteiger partial charge in [-0.1, -0.05) is 18.5 Å². The van der Waals surface area contributed by atoms with E-state index in [1.165, 1.54) is 11.3 Å². The molecule has 0 saturated carbocycles. The number of nitrogens with one attached hydrogen (secondary N) is 2. The highest BCUT2D eigenvalue weighted by Crippen LogP contribution is 2.21. The zero-order valence-corrected chi connectivity index (χ0v) is 13.0. The lowest BCUT2D eigenvalue weighted by Gasteiger charge is -2.14. The Hall–Kier alpha value is -0.140. The quantitative estimate of drug-likeness (QED) is 0.724. The van der Waals surface area contributed by atoms with Crippen LogP contribution in [-0.4, -0.2) is 26.8 Å². The third kappa shape index (κ3) is 5.24. The summed E-state index contributed by atoms with van der Waals surface area (Å²) in [6, 6.07) is 3.59. The highest BCUT2D eigenvalue weighted by molar-refractivity contribution is 7.90. The summed E-state index contributed by atoms with van der Waals surface area (Å²) >= 11 is 7.17. The summed E-state index contributed by atoms with van der Waals surface area (Å²) in [6.45, 7) is 5.35. The number of thiophene rings is 1. The normalized spacial score (nSPS) is 13.7. The van der Waals surface area contributed by atoms with Crippen LogP contribution in [0.3, 0.4) is 0 Å². The van der Waals surface area contributed by atoms with E-state index in [1.54, 1.807) is 13.0 Å². The van der Waals surface area contributed by atoms with Crippen LogP contribution in [0, 0.1) is 0 Å². The van der Waals surface area contributed by atoms with Gasteiger partial charge in [-0.3, -0.25) is 0 Å². The van der Waals surface area contributed by atoms with Gasteiger partial charge >= 0.3 is 0 Å². The summed E-state index contributed by atoms with van der Waals surface area (Å²) in [5.74, 6) is 0. The lowest BCUT2D eigenvalue weighted by molar-refractivity contribution is 0.557.